The molecule has 1 aliphatic rings. The zero-order valence-corrected chi connectivity index (χ0v) is 24.7. The van der Waals surface area contributed by atoms with Gasteiger partial charge in [-0.3, -0.25) is 9.59 Å². The Kier molecular flexibility index (Phi) is 10.9. The number of methoxy groups -OCH3 is 1. The lowest BCUT2D eigenvalue weighted by molar-refractivity contribution is -0.142. The van der Waals surface area contributed by atoms with E-state index < -0.39 is 16.1 Å². The Morgan fingerprint density at radius 2 is 1.57 bits per heavy atom. The molecular weight excluding hydrogens is 558 g/mol. The van der Waals surface area contributed by atoms with Gasteiger partial charge in [0.25, 0.3) is 5.91 Å². The third-order valence-electron chi connectivity index (χ3n) is 7.03. The van der Waals surface area contributed by atoms with E-state index in [-0.39, 0.29) is 29.9 Å². The normalized spacial score (nSPS) is 14.5. The number of benzene rings is 3. The Morgan fingerprint density at radius 1 is 0.929 bits per heavy atom. The summed E-state index contributed by atoms with van der Waals surface area (Å²) < 4.78 is 43.4. The second-order valence-corrected chi connectivity index (χ2v) is 11.8. The van der Waals surface area contributed by atoms with Gasteiger partial charge in [-0.15, -0.1) is 0 Å². The van der Waals surface area contributed by atoms with Crippen molar-refractivity contribution in [1.82, 2.24) is 14.5 Å². The quantitative estimate of drug-likeness (QED) is 0.323. The van der Waals surface area contributed by atoms with Crippen LogP contribution in [0.1, 0.15) is 18.1 Å². The van der Waals surface area contributed by atoms with E-state index in [9.17, 15) is 18.0 Å². The minimum absolute atomic E-state index is 0.144. The van der Waals surface area contributed by atoms with Crippen LogP contribution in [0.2, 0.25) is 0 Å². The number of sulfonamides is 1. The molecule has 1 heterocycles. The predicted octanol–water partition coefficient (Wildman–Crippen LogP) is 2.87. The molecule has 11 heteroatoms. The van der Waals surface area contributed by atoms with Gasteiger partial charge in [0.1, 0.15) is 17.5 Å². The molecule has 3 aromatic rings. The lowest BCUT2D eigenvalue weighted by Gasteiger charge is -2.29. The standard InChI is InChI=1S/C31H37N3O7S/c1-24(31(36)32-17-16-25-6-4-3-5-7-25)34(22-26-8-10-27(39-2)11-9-26)30(35)23-41-28-12-14-29(15-13-28)42(37,38)33-18-20-40-21-19-33/h3-15,24H,16-23H2,1-2H3,(H,32,36). The fourth-order valence-electron chi connectivity index (χ4n) is 4.50. The Labute approximate surface area is 247 Å². The van der Waals surface area contributed by atoms with Crippen molar-refractivity contribution in [1.29, 1.82) is 0 Å². The summed E-state index contributed by atoms with van der Waals surface area (Å²) in [5.74, 6) is 0.367. The van der Waals surface area contributed by atoms with Crippen LogP contribution in [0.4, 0.5) is 0 Å². The van der Waals surface area contributed by atoms with Crippen molar-refractivity contribution in [2.45, 2.75) is 30.8 Å². The van der Waals surface area contributed by atoms with Crippen LogP contribution in [0.15, 0.2) is 83.8 Å². The molecule has 1 atom stereocenters. The predicted molar refractivity (Wildman–Crippen MR) is 158 cm³/mol. The van der Waals surface area contributed by atoms with Crippen LogP contribution in [0, 0.1) is 0 Å². The Morgan fingerprint density at radius 3 is 2.21 bits per heavy atom. The molecule has 1 unspecified atom stereocenters. The van der Waals surface area contributed by atoms with Gasteiger partial charge in [0.2, 0.25) is 15.9 Å². The van der Waals surface area contributed by atoms with Crippen LogP contribution in [0.25, 0.3) is 0 Å². The lowest BCUT2D eigenvalue weighted by atomic mass is 10.1. The second-order valence-electron chi connectivity index (χ2n) is 9.85. The van der Waals surface area contributed by atoms with Crippen LogP contribution in [-0.2, 0) is 37.3 Å². The molecule has 0 aromatic heterocycles. The molecule has 0 saturated carbocycles. The van der Waals surface area contributed by atoms with Crippen molar-refractivity contribution in [2.75, 3.05) is 46.6 Å². The van der Waals surface area contributed by atoms with Crippen molar-refractivity contribution in [3.63, 3.8) is 0 Å². The molecule has 1 N–H and O–H groups in total. The van der Waals surface area contributed by atoms with E-state index >= 15 is 0 Å². The average Bonchev–Trinajstić information content (AvgIpc) is 3.03. The smallest absolute Gasteiger partial charge is 0.261 e. The molecule has 4 rings (SSSR count). The molecule has 42 heavy (non-hydrogen) atoms. The van der Waals surface area contributed by atoms with Gasteiger partial charge in [0.15, 0.2) is 6.61 Å². The highest BCUT2D eigenvalue weighted by atomic mass is 32.2. The number of ether oxygens (including phenoxy) is 3. The zero-order valence-electron chi connectivity index (χ0n) is 23.9. The van der Waals surface area contributed by atoms with Crippen molar-refractivity contribution in [3.8, 4) is 11.5 Å². The number of hydrogen-bond donors (Lipinski definition) is 1. The summed E-state index contributed by atoms with van der Waals surface area (Å²) in [6, 6.07) is 22.3. The average molecular weight is 596 g/mol. The minimum Gasteiger partial charge on any atom is -0.497 e. The first-order valence-corrected chi connectivity index (χ1v) is 15.3. The van der Waals surface area contributed by atoms with E-state index in [0.717, 1.165) is 11.1 Å². The van der Waals surface area contributed by atoms with Gasteiger partial charge in [0.05, 0.1) is 25.2 Å². The summed E-state index contributed by atoms with van der Waals surface area (Å²) >= 11 is 0. The zero-order chi connectivity index (χ0) is 30.0. The summed E-state index contributed by atoms with van der Waals surface area (Å²) in [6.07, 6.45) is 0.673. The van der Waals surface area contributed by atoms with Gasteiger partial charge >= 0.3 is 0 Å². The van der Waals surface area contributed by atoms with E-state index in [1.165, 1.54) is 33.5 Å². The maximum absolute atomic E-state index is 13.4. The van der Waals surface area contributed by atoms with Crippen LogP contribution >= 0.6 is 0 Å². The number of hydrogen-bond acceptors (Lipinski definition) is 7. The lowest BCUT2D eigenvalue weighted by Crippen LogP contribution is -2.49. The van der Waals surface area contributed by atoms with Crippen molar-refractivity contribution >= 4 is 21.8 Å². The maximum atomic E-state index is 13.4. The van der Waals surface area contributed by atoms with Gasteiger partial charge in [-0.05, 0) is 60.9 Å². The van der Waals surface area contributed by atoms with E-state index in [0.29, 0.717) is 50.8 Å². The van der Waals surface area contributed by atoms with E-state index in [4.69, 9.17) is 14.2 Å². The fraction of sp³-hybridized carbons (Fsp3) is 0.355. The number of morpholine rings is 1. The summed E-state index contributed by atoms with van der Waals surface area (Å²) in [7, 11) is -2.06. The van der Waals surface area contributed by atoms with Crippen LogP contribution in [-0.4, -0.2) is 82.0 Å². The molecule has 1 saturated heterocycles. The third kappa shape index (κ3) is 8.31. The maximum Gasteiger partial charge on any atom is 0.261 e. The number of nitrogens with one attached hydrogen (secondary N) is 1. The van der Waals surface area contributed by atoms with Gasteiger partial charge in [0, 0.05) is 26.2 Å². The number of nitrogens with zero attached hydrogens (tertiary/aromatic N) is 2. The molecule has 3 aromatic carbocycles. The number of carbonyl (C=O) groups excluding carboxylic acids is 2. The molecule has 224 valence electrons. The Hall–Kier alpha value is -3.93. The van der Waals surface area contributed by atoms with E-state index in [2.05, 4.69) is 5.32 Å². The third-order valence-corrected chi connectivity index (χ3v) is 8.94. The highest BCUT2D eigenvalue weighted by Gasteiger charge is 2.28. The molecule has 0 spiro atoms. The van der Waals surface area contributed by atoms with E-state index in [1.54, 1.807) is 26.2 Å². The molecule has 0 radical (unpaired) electrons. The van der Waals surface area contributed by atoms with Gasteiger partial charge in [-0.2, -0.15) is 4.31 Å². The molecular formula is C31H37N3O7S. The largest absolute Gasteiger partial charge is 0.497 e. The summed E-state index contributed by atoms with van der Waals surface area (Å²) in [5.41, 5.74) is 1.93. The number of amides is 2. The van der Waals surface area contributed by atoms with Gasteiger partial charge < -0.3 is 24.4 Å². The summed E-state index contributed by atoms with van der Waals surface area (Å²) in [6.45, 7) is 3.31. The van der Waals surface area contributed by atoms with Crippen molar-refractivity contribution in [3.05, 3.63) is 90.0 Å². The van der Waals surface area contributed by atoms with E-state index in [1.807, 2.05) is 42.5 Å². The van der Waals surface area contributed by atoms with Gasteiger partial charge in [-0.1, -0.05) is 42.5 Å². The first kappa shape index (κ1) is 31.0. The van der Waals surface area contributed by atoms with Crippen LogP contribution in [0.5, 0.6) is 11.5 Å². The SMILES string of the molecule is COc1ccc(CN(C(=O)COc2ccc(S(=O)(=O)N3CCOCC3)cc2)C(C)C(=O)NCCc2ccccc2)cc1. The number of rotatable bonds is 13. The topological polar surface area (TPSA) is 114 Å². The van der Waals surface area contributed by atoms with Crippen LogP contribution < -0.4 is 14.8 Å². The van der Waals surface area contributed by atoms with Gasteiger partial charge in [-0.25, -0.2) is 8.42 Å². The fourth-order valence-corrected chi connectivity index (χ4v) is 5.91. The van der Waals surface area contributed by atoms with Crippen molar-refractivity contribution in [2.24, 2.45) is 0 Å². The van der Waals surface area contributed by atoms with Crippen molar-refractivity contribution < 1.29 is 32.2 Å². The molecule has 10 nitrogen and oxygen atoms in total. The highest BCUT2D eigenvalue weighted by molar-refractivity contribution is 7.89. The molecule has 1 fully saturated rings. The summed E-state index contributed by atoms with van der Waals surface area (Å²) in [5, 5.41) is 2.93. The first-order chi connectivity index (χ1) is 20.3. The van der Waals surface area contributed by atoms with Crippen LogP contribution in [0.3, 0.4) is 0 Å². The molecule has 0 bridgehead atoms. The minimum atomic E-state index is -3.64. The Balaban J connectivity index is 1.40. The second kappa shape index (κ2) is 14.8. The first-order valence-electron chi connectivity index (χ1n) is 13.8. The highest BCUT2D eigenvalue weighted by Crippen LogP contribution is 2.21. The molecule has 0 aliphatic carbocycles. The molecule has 1 aliphatic heterocycles. The monoisotopic (exact) mass is 595 g/mol. The summed E-state index contributed by atoms with van der Waals surface area (Å²) in [4.78, 5) is 28.1. The Bertz CT molecular complexity index is 1410. The molecule has 2 amide bonds. The number of carbonyl (C=O) groups is 2.